The van der Waals surface area contributed by atoms with Crippen molar-refractivity contribution in [1.82, 2.24) is 0 Å². The summed E-state index contributed by atoms with van der Waals surface area (Å²) in [5, 5.41) is 13.7. The maximum Gasteiger partial charge on any atom is 0.274 e. The van der Waals surface area contributed by atoms with E-state index >= 15 is 0 Å². The first kappa shape index (κ1) is 22.9. The largest absolute Gasteiger partial charge is 0.497 e. The van der Waals surface area contributed by atoms with E-state index in [-0.39, 0.29) is 28.4 Å². The van der Waals surface area contributed by atoms with Crippen molar-refractivity contribution in [2.45, 2.75) is 19.9 Å². The lowest BCUT2D eigenvalue weighted by Crippen LogP contribution is -2.45. The Balaban J connectivity index is 2.47. The van der Waals surface area contributed by atoms with Crippen LogP contribution in [0.15, 0.2) is 36.4 Å². The van der Waals surface area contributed by atoms with Crippen LogP contribution in [0.25, 0.3) is 0 Å². The van der Waals surface area contributed by atoms with Crippen molar-refractivity contribution in [3.63, 3.8) is 0 Å². The molecule has 0 bridgehead atoms. The van der Waals surface area contributed by atoms with Crippen molar-refractivity contribution in [3.8, 4) is 11.5 Å². The number of nitro benzene ring substituents is 1. The van der Waals surface area contributed by atoms with Crippen molar-refractivity contribution in [2.24, 2.45) is 0 Å². The van der Waals surface area contributed by atoms with E-state index in [0.717, 1.165) is 10.6 Å². The third-order valence-electron chi connectivity index (χ3n) is 4.47. The monoisotopic (exact) mass is 437 g/mol. The molecule has 30 heavy (non-hydrogen) atoms. The Kier molecular flexibility index (Phi) is 6.88. The van der Waals surface area contributed by atoms with Crippen LogP contribution in [-0.2, 0) is 14.8 Å². The summed E-state index contributed by atoms with van der Waals surface area (Å²) < 4.78 is 36.5. The Morgan fingerprint density at radius 1 is 1.20 bits per heavy atom. The summed E-state index contributed by atoms with van der Waals surface area (Å²) in [7, 11) is -1.11. The number of hydrogen-bond donors (Lipinski definition) is 1. The predicted octanol–water partition coefficient (Wildman–Crippen LogP) is 2.71. The van der Waals surface area contributed by atoms with Gasteiger partial charge in [0.1, 0.15) is 17.5 Å². The summed E-state index contributed by atoms with van der Waals surface area (Å²) in [6.45, 7) is 2.90. The molecule has 11 heteroatoms. The molecule has 1 amide bonds. The fraction of sp³-hybridized carbons (Fsp3) is 0.316. The Morgan fingerprint density at radius 3 is 2.40 bits per heavy atom. The Hall–Kier alpha value is -3.34. The second-order valence-corrected chi connectivity index (χ2v) is 8.33. The van der Waals surface area contributed by atoms with E-state index in [2.05, 4.69) is 5.32 Å². The van der Waals surface area contributed by atoms with Gasteiger partial charge in [-0.1, -0.05) is 6.07 Å². The summed E-state index contributed by atoms with van der Waals surface area (Å²) >= 11 is 0. The summed E-state index contributed by atoms with van der Waals surface area (Å²) in [5.41, 5.74) is 0.438. The third kappa shape index (κ3) is 4.79. The van der Waals surface area contributed by atoms with Crippen LogP contribution in [0.4, 0.5) is 17.1 Å². The number of nitro groups is 1. The molecule has 1 atom stereocenters. The molecule has 2 aromatic carbocycles. The van der Waals surface area contributed by atoms with E-state index < -0.39 is 26.9 Å². The zero-order valence-electron chi connectivity index (χ0n) is 17.2. The average Bonchev–Trinajstić information content (AvgIpc) is 2.68. The van der Waals surface area contributed by atoms with Crippen LogP contribution >= 0.6 is 0 Å². The van der Waals surface area contributed by atoms with Crippen LogP contribution in [0.5, 0.6) is 11.5 Å². The number of anilines is 2. The van der Waals surface area contributed by atoms with Crippen molar-refractivity contribution >= 4 is 33.0 Å². The summed E-state index contributed by atoms with van der Waals surface area (Å²) in [5.74, 6) is -0.0668. The highest BCUT2D eigenvalue weighted by atomic mass is 32.2. The molecule has 0 aliphatic carbocycles. The van der Waals surface area contributed by atoms with Gasteiger partial charge in [-0.25, -0.2) is 8.42 Å². The second-order valence-electron chi connectivity index (χ2n) is 6.47. The Labute approximate surface area is 174 Å². The van der Waals surface area contributed by atoms with Crippen LogP contribution in [0.2, 0.25) is 0 Å². The van der Waals surface area contributed by atoms with E-state index in [1.54, 1.807) is 6.07 Å². The Bertz CT molecular complexity index is 1070. The summed E-state index contributed by atoms with van der Waals surface area (Å²) in [6, 6.07) is 7.64. The van der Waals surface area contributed by atoms with Crippen molar-refractivity contribution < 1.29 is 27.6 Å². The van der Waals surface area contributed by atoms with Crippen LogP contribution < -0.4 is 19.1 Å². The SMILES string of the molecule is COc1ccc(OC)c(N([C@H](C)C(=O)Nc2cccc([N+](=O)[O-])c2C)S(C)(=O)=O)c1. The van der Waals surface area contributed by atoms with Gasteiger partial charge < -0.3 is 14.8 Å². The minimum Gasteiger partial charge on any atom is -0.497 e. The van der Waals surface area contributed by atoms with Crippen molar-refractivity contribution in [2.75, 3.05) is 30.1 Å². The molecule has 0 aliphatic rings. The van der Waals surface area contributed by atoms with Crippen molar-refractivity contribution in [3.05, 3.63) is 52.1 Å². The van der Waals surface area contributed by atoms with Gasteiger partial charge in [0.2, 0.25) is 15.9 Å². The lowest BCUT2D eigenvalue weighted by Gasteiger charge is -2.29. The molecule has 2 rings (SSSR count). The first-order chi connectivity index (χ1) is 14.0. The molecule has 1 N–H and O–H groups in total. The fourth-order valence-corrected chi connectivity index (χ4v) is 4.11. The number of sulfonamides is 1. The number of nitrogens with one attached hydrogen (secondary N) is 1. The van der Waals surface area contributed by atoms with Crippen LogP contribution in [0, 0.1) is 17.0 Å². The molecule has 0 aromatic heterocycles. The molecule has 10 nitrogen and oxygen atoms in total. The topological polar surface area (TPSA) is 128 Å². The van der Waals surface area contributed by atoms with Crippen LogP contribution in [0.1, 0.15) is 12.5 Å². The molecule has 0 saturated carbocycles. The zero-order valence-corrected chi connectivity index (χ0v) is 18.0. The van der Waals surface area contributed by atoms with E-state index in [1.165, 1.54) is 58.4 Å². The molecular formula is C19H23N3O7S. The lowest BCUT2D eigenvalue weighted by molar-refractivity contribution is -0.385. The highest BCUT2D eigenvalue weighted by molar-refractivity contribution is 7.92. The first-order valence-electron chi connectivity index (χ1n) is 8.77. The number of benzene rings is 2. The average molecular weight is 437 g/mol. The smallest absolute Gasteiger partial charge is 0.274 e. The van der Waals surface area contributed by atoms with Gasteiger partial charge in [-0.15, -0.1) is 0 Å². The normalized spacial score (nSPS) is 12.0. The van der Waals surface area contributed by atoms with Gasteiger partial charge in [0, 0.05) is 12.1 Å². The number of rotatable bonds is 8. The quantitative estimate of drug-likeness (QED) is 0.497. The van der Waals surface area contributed by atoms with Gasteiger partial charge in [0.25, 0.3) is 5.69 Å². The minimum absolute atomic E-state index is 0.123. The Morgan fingerprint density at radius 2 is 1.87 bits per heavy atom. The molecule has 0 fully saturated rings. The fourth-order valence-electron chi connectivity index (χ4n) is 2.94. The highest BCUT2D eigenvalue weighted by Gasteiger charge is 2.32. The van der Waals surface area contributed by atoms with Crippen molar-refractivity contribution in [1.29, 1.82) is 0 Å². The van der Waals surface area contributed by atoms with Crippen LogP contribution in [-0.4, -0.2) is 45.8 Å². The standard InChI is InChI=1S/C19H23N3O7S/c1-12-15(7-6-8-16(12)22(24)25)20-19(23)13(2)21(30(5,26)27)17-11-14(28-3)9-10-18(17)29-4/h6-11,13H,1-5H3,(H,20,23)/t13-/m1/s1. The third-order valence-corrected chi connectivity index (χ3v) is 5.70. The number of methoxy groups -OCH3 is 2. The number of carbonyl (C=O) groups excluding carboxylic acids is 1. The molecule has 162 valence electrons. The van der Waals surface area contributed by atoms with Gasteiger partial charge >= 0.3 is 0 Å². The van der Waals surface area contributed by atoms with Gasteiger partial charge in [-0.3, -0.25) is 19.2 Å². The predicted molar refractivity (Wildman–Crippen MR) is 113 cm³/mol. The lowest BCUT2D eigenvalue weighted by atomic mass is 10.1. The zero-order chi connectivity index (χ0) is 22.6. The van der Waals surface area contributed by atoms with E-state index in [0.29, 0.717) is 5.75 Å². The number of carbonyl (C=O) groups is 1. The maximum atomic E-state index is 12.9. The second kappa shape index (κ2) is 8.99. The first-order valence-corrected chi connectivity index (χ1v) is 10.6. The molecule has 0 saturated heterocycles. The van der Waals surface area contributed by atoms with E-state index in [4.69, 9.17) is 9.47 Å². The maximum absolute atomic E-state index is 12.9. The summed E-state index contributed by atoms with van der Waals surface area (Å²) in [6.07, 6.45) is 0.967. The van der Waals surface area contributed by atoms with Gasteiger partial charge in [-0.05, 0) is 32.0 Å². The summed E-state index contributed by atoms with van der Waals surface area (Å²) in [4.78, 5) is 23.5. The molecule has 0 unspecified atom stereocenters. The molecule has 0 spiro atoms. The van der Waals surface area contributed by atoms with Crippen LogP contribution in [0.3, 0.4) is 0 Å². The van der Waals surface area contributed by atoms with Gasteiger partial charge in [-0.2, -0.15) is 0 Å². The molecule has 0 radical (unpaired) electrons. The molecular weight excluding hydrogens is 414 g/mol. The van der Waals surface area contributed by atoms with E-state index in [1.807, 2.05) is 0 Å². The van der Waals surface area contributed by atoms with Gasteiger partial charge in [0.15, 0.2) is 0 Å². The molecule has 0 aliphatic heterocycles. The minimum atomic E-state index is -3.92. The van der Waals surface area contributed by atoms with E-state index in [9.17, 15) is 23.3 Å². The number of ether oxygens (including phenoxy) is 2. The number of amides is 1. The molecule has 2 aromatic rings. The van der Waals surface area contributed by atoms with Gasteiger partial charge in [0.05, 0.1) is 42.3 Å². The highest BCUT2D eigenvalue weighted by Crippen LogP contribution is 2.35. The number of hydrogen-bond acceptors (Lipinski definition) is 7. The number of nitrogens with zero attached hydrogens (tertiary/aromatic N) is 2. The molecule has 0 heterocycles.